The lowest BCUT2D eigenvalue weighted by Gasteiger charge is -2.35. The Bertz CT molecular complexity index is 2600. The number of benzene rings is 3. The SMILES string of the molecule is CCC(=O)NCCNC(=O)/N=C(/N)NCCC[C@@H](NC(=O)[C@H](c1ccccc1)c1cccc(OCCCCNC(=O)CCOCCNC(C=O)N2CCN(CC(=O)O)CCN(CC(=O)O)CCN(CC(=O)O)CC2)c1)C(=O)NCc1ccc(O)cc1. The molecule has 28 nitrogen and oxygen atoms in total. The van der Waals surface area contributed by atoms with Crippen molar-refractivity contribution in [3.8, 4) is 11.5 Å². The number of carboxylic acid groups (broad SMARTS) is 3. The maximum absolute atomic E-state index is 14.5. The van der Waals surface area contributed by atoms with Gasteiger partial charge < -0.3 is 72.3 Å². The smallest absolute Gasteiger partial charge is 0.344 e. The third-order valence-electron chi connectivity index (χ3n) is 13.6. The monoisotopic (exact) mass is 1200 g/mol. The zero-order valence-electron chi connectivity index (χ0n) is 48.8. The van der Waals surface area contributed by atoms with Gasteiger partial charge in [0.15, 0.2) is 12.2 Å². The molecule has 0 aromatic heterocycles. The maximum atomic E-state index is 14.5. The number of carbonyl (C=O) groups is 9. The summed E-state index contributed by atoms with van der Waals surface area (Å²) in [6, 6.07) is 20.8. The molecule has 28 heteroatoms. The summed E-state index contributed by atoms with van der Waals surface area (Å²) < 4.78 is 11.8. The minimum atomic E-state index is -1.06. The van der Waals surface area contributed by atoms with Crippen LogP contribution in [-0.2, 0) is 49.6 Å². The molecule has 1 saturated heterocycles. The lowest BCUT2D eigenvalue weighted by molar-refractivity contribution is -0.140. The molecule has 0 radical (unpaired) electrons. The minimum Gasteiger partial charge on any atom is -0.508 e. The van der Waals surface area contributed by atoms with Gasteiger partial charge in [0.2, 0.25) is 23.6 Å². The first-order valence-electron chi connectivity index (χ1n) is 28.8. The number of aliphatic imine (C=N–C) groups is 1. The second kappa shape index (κ2) is 40.1. The molecule has 1 aliphatic rings. The van der Waals surface area contributed by atoms with Crippen molar-refractivity contribution in [2.24, 2.45) is 10.7 Å². The number of aromatic hydroxyl groups is 1. The Hall–Kier alpha value is -8.28. The third kappa shape index (κ3) is 29.0. The Morgan fingerprint density at radius 3 is 1.84 bits per heavy atom. The fourth-order valence-corrected chi connectivity index (χ4v) is 9.00. The fraction of sp³-hybridized carbons (Fsp3) is 0.517. The quantitative estimate of drug-likeness (QED) is 0.0151. The van der Waals surface area contributed by atoms with Gasteiger partial charge in [0.05, 0.1) is 45.4 Å². The van der Waals surface area contributed by atoms with Gasteiger partial charge >= 0.3 is 23.9 Å². The topological polar surface area (TPSA) is 389 Å². The van der Waals surface area contributed by atoms with Crippen LogP contribution in [0.3, 0.4) is 0 Å². The number of carbonyl (C=O) groups excluding carboxylic acids is 6. The van der Waals surface area contributed by atoms with E-state index < -0.39 is 53.9 Å². The molecule has 4 rings (SSSR count). The predicted molar refractivity (Wildman–Crippen MR) is 317 cm³/mol. The van der Waals surface area contributed by atoms with Crippen molar-refractivity contribution in [1.29, 1.82) is 0 Å². The molecular weight excluding hydrogens is 1120 g/mol. The van der Waals surface area contributed by atoms with Crippen molar-refractivity contribution in [3.63, 3.8) is 0 Å². The van der Waals surface area contributed by atoms with E-state index >= 15 is 0 Å². The van der Waals surface area contributed by atoms with Gasteiger partial charge in [-0.15, -0.1) is 0 Å². The first-order valence-corrected chi connectivity index (χ1v) is 28.8. The molecule has 1 unspecified atom stereocenters. The molecular formula is C58H85N13O15. The average molecular weight is 1200 g/mol. The molecule has 3 aromatic carbocycles. The van der Waals surface area contributed by atoms with Crippen LogP contribution < -0.4 is 47.7 Å². The van der Waals surface area contributed by atoms with E-state index in [4.69, 9.17) is 15.2 Å². The van der Waals surface area contributed by atoms with Crippen molar-refractivity contribution < 1.29 is 73.1 Å². The van der Waals surface area contributed by atoms with E-state index in [0.717, 1.165) is 5.56 Å². The molecule has 86 heavy (non-hydrogen) atoms. The number of nitrogens with one attached hydrogen (secondary N) is 7. The average Bonchev–Trinajstić information content (AvgIpc) is 2.39. The number of hydrogen-bond donors (Lipinski definition) is 12. The standard InChI is InChI=1S/C58H85N13O15/c1-2-49(74)62-22-23-64-58(84)67-57(59)63-21-9-14-47(55(82)65-37-42-15-17-45(73)18-16-42)66-56(83)54(43-10-4-3-5-11-43)44-12-8-13-46(36-44)86-33-7-6-20-61-50(75)19-34-85-35-24-60-48(41-72)71-31-29-69(39-52(78)79)27-25-68(38-51(76)77)26-28-70(30-32-71)40-53(80)81/h3-5,8,10-13,15-18,36,41,47-48,54,60,73H,2,6-7,9,14,19-35,37-40H2,1H3,(H,61,75)(H,62,74)(H,65,82)(H,66,83)(H,76,77)(H,78,79)(H,80,81)(H4,59,63,64,67,84)/t47-,48?,54-/m1/s1. The highest BCUT2D eigenvalue weighted by atomic mass is 16.5. The zero-order valence-corrected chi connectivity index (χ0v) is 48.8. The van der Waals surface area contributed by atoms with Crippen molar-refractivity contribution in [2.45, 2.75) is 70.1 Å². The molecule has 3 aromatic rings. The number of hydrogen-bond acceptors (Lipinski definition) is 17. The molecule has 6 amide bonds. The van der Waals surface area contributed by atoms with Crippen LogP contribution in [-0.4, -0.2) is 237 Å². The second-order valence-corrected chi connectivity index (χ2v) is 20.2. The van der Waals surface area contributed by atoms with Gasteiger partial charge in [-0.05, 0) is 66.6 Å². The first-order chi connectivity index (χ1) is 41.4. The third-order valence-corrected chi connectivity index (χ3v) is 13.6. The number of aldehydes is 1. The summed E-state index contributed by atoms with van der Waals surface area (Å²) in [6.07, 6.45) is 1.98. The van der Waals surface area contributed by atoms with Gasteiger partial charge in [-0.2, -0.15) is 4.99 Å². The number of phenolic OH excluding ortho intramolecular Hbond substituents is 1. The molecule has 0 bridgehead atoms. The molecule has 13 N–H and O–H groups in total. The fourth-order valence-electron chi connectivity index (χ4n) is 9.00. The van der Waals surface area contributed by atoms with Crippen molar-refractivity contribution in [2.75, 3.05) is 125 Å². The van der Waals surface area contributed by atoms with E-state index in [1.165, 1.54) is 12.1 Å². The Morgan fingerprint density at radius 2 is 1.22 bits per heavy atom. The number of rotatable bonds is 36. The largest absolute Gasteiger partial charge is 0.508 e. The van der Waals surface area contributed by atoms with Crippen LogP contribution in [0.25, 0.3) is 0 Å². The normalized spacial score (nSPS) is 15.1. The van der Waals surface area contributed by atoms with Crippen LogP contribution in [0.1, 0.15) is 68.1 Å². The zero-order chi connectivity index (χ0) is 62.5. The van der Waals surface area contributed by atoms with Crippen molar-refractivity contribution in [1.82, 2.24) is 56.8 Å². The molecule has 1 aliphatic heterocycles. The van der Waals surface area contributed by atoms with Gasteiger partial charge in [0.25, 0.3) is 0 Å². The first kappa shape index (κ1) is 70.2. The minimum absolute atomic E-state index is 0.0732. The Kier molecular flexibility index (Phi) is 32.7. The molecule has 0 spiro atoms. The molecule has 1 fully saturated rings. The number of carboxylic acids is 3. The number of phenols is 1. The van der Waals surface area contributed by atoms with E-state index in [1.54, 1.807) is 62.9 Å². The lowest BCUT2D eigenvalue weighted by atomic mass is 9.90. The number of unbranched alkanes of at least 4 members (excludes halogenated alkanes) is 1. The molecule has 3 atom stereocenters. The van der Waals surface area contributed by atoms with Crippen LogP contribution >= 0.6 is 0 Å². The van der Waals surface area contributed by atoms with E-state index in [2.05, 4.69) is 42.2 Å². The molecule has 0 saturated carbocycles. The van der Waals surface area contributed by atoms with Crippen molar-refractivity contribution in [3.05, 3.63) is 95.6 Å². The lowest BCUT2D eigenvalue weighted by Crippen LogP contribution is -2.54. The number of nitrogens with two attached hydrogens (primary N) is 1. The van der Waals surface area contributed by atoms with Crippen LogP contribution in [0, 0.1) is 0 Å². The van der Waals surface area contributed by atoms with E-state index in [-0.39, 0.29) is 154 Å². The number of urea groups is 1. The highest BCUT2D eigenvalue weighted by molar-refractivity contribution is 5.93. The maximum Gasteiger partial charge on any atom is 0.344 e. The molecule has 1 heterocycles. The van der Waals surface area contributed by atoms with E-state index in [1.807, 2.05) is 30.3 Å². The second-order valence-electron chi connectivity index (χ2n) is 20.2. The summed E-state index contributed by atoms with van der Waals surface area (Å²) in [7, 11) is 0. The number of aliphatic carboxylic acids is 3. The van der Waals surface area contributed by atoms with Gasteiger partial charge in [-0.25, -0.2) is 4.79 Å². The summed E-state index contributed by atoms with van der Waals surface area (Å²) in [5.74, 6) is -4.87. The van der Waals surface area contributed by atoms with Gasteiger partial charge in [0, 0.05) is 104 Å². The Labute approximate surface area is 500 Å². The van der Waals surface area contributed by atoms with Crippen LogP contribution in [0.4, 0.5) is 4.79 Å². The Balaban J connectivity index is 1.24. The summed E-state index contributed by atoms with van der Waals surface area (Å²) in [5, 5.41) is 58.1. The van der Waals surface area contributed by atoms with Gasteiger partial charge in [0.1, 0.15) is 23.7 Å². The summed E-state index contributed by atoms with van der Waals surface area (Å²) >= 11 is 0. The number of nitrogens with zero attached hydrogens (tertiary/aromatic N) is 5. The highest BCUT2D eigenvalue weighted by Crippen LogP contribution is 2.28. The molecule has 0 aliphatic carbocycles. The van der Waals surface area contributed by atoms with Crippen LogP contribution in [0.2, 0.25) is 0 Å². The highest BCUT2D eigenvalue weighted by Gasteiger charge is 2.29. The van der Waals surface area contributed by atoms with Crippen LogP contribution in [0.5, 0.6) is 11.5 Å². The summed E-state index contributed by atoms with van der Waals surface area (Å²) in [5.41, 5.74) is 7.94. The molecule has 472 valence electrons. The van der Waals surface area contributed by atoms with Crippen LogP contribution in [0.15, 0.2) is 83.9 Å². The Morgan fingerprint density at radius 1 is 0.628 bits per heavy atom. The predicted octanol–water partition coefficient (Wildman–Crippen LogP) is -0.483. The van der Waals surface area contributed by atoms with Gasteiger partial charge in [-0.1, -0.05) is 61.5 Å². The number of ether oxygens (including phenoxy) is 2. The van der Waals surface area contributed by atoms with E-state index in [9.17, 15) is 63.6 Å². The van der Waals surface area contributed by atoms with Crippen molar-refractivity contribution >= 4 is 59.8 Å². The number of guanidine groups is 1. The summed E-state index contributed by atoms with van der Waals surface area (Å²) in [4.78, 5) is 122. The van der Waals surface area contributed by atoms with E-state index in [0.29, 0.717) is 62.0 Å². The number of amides is 6. The summed E-state index contributed by atoms with van der Waals surface area (Å²) in [6.45, 7) is 4.74. The van der Waals surface area contributed by atoms with Gasteiger partial charge in [-0.3, -0.25) is 58.5 Å².